The average Bonchev–Trinajstić information content (AvgIpc) is 2.53. The van der Waals surface area contributed by atoms with Crippen LogP contribution in [0, 0.1) is 11.8 Å². The van der Waals surface area contributed by atoms with Gasteiger partial charge in [0.15, 0.2) is 15.1 Å². The predicted molar refractivity (Wildman–Crippen MR) is 93.0 cm³/mol. The molecule has 0 radical (unpaired) electrons. The Labute approximate surface area is 150 Å². The highest BCUT2D eigenvalue weighted by Crippen LogP contribution is 2.21. The summed E-state index contributed by atoms with van der Waals surface area (Å²) in [5.74, 6) is 3.89. The molecule has 0 aliphatic heterocycles. The summed E-state index contributed by atoms with van der Waals surface area (Å²) in [5.41, 5.74) is 0.618. The van der Waals surface area contributed by atoms with E-state index in [1.807, 2.05) is 0 Å². The lowest BCUT2D eigenvalue weighted by molar-refractivity contribution is -0.136. The Bertz CT molecular complexity index is 892. The van der Waals surface area contributed by atoms with Crippen LogP contribution in [0.15, 0.2) is 53.4 Å². The molecule has 2 aromatic carbocycles. The van der Waals surface area contributed by atoms with Crippen LogP contribution in [0.1, 0.15) is 12.0 Å². The second-order valence-corrected chi connectivity index (χ2v) is 7.84. The molecule has 0 aliphatic carbocycles. The van der Waals surface area contributed by atoms with Gasteiger partial charge in [0.1, 0.15) is 0 Å². The molecule has 1 N–H and O–H groups in total. The highest BCUT2D eigenvalue weighted by Gasteiger charge is 2.33. The van der Waals surface area contributed by atoms with Crippen molar-refractivity contribution in [3.05, 3.63) is 64.1 Å². The number of rotatable bonds is 4. The number of aliphatic carboxylic acids is 1. The van der Waals surface area contributed by atoms with Gasteiger partial charge in [-0.3, -0.25) is 4.79 Å². The van der Waals surface area contributed by atoms with Crippen molar-refractivity contribution in [3.63, 3.8) is 0 Å². The molecule has 4 nitrogen and oxygen atoms in total. The number of hydrogen-bond donors (Lipinski definition) is 1. The molecule has 0 amide bonds. The second-order valence-electron chi connectivity index (χ2n) is 4.84. The summed E-state index contributed by atoms with van der Waals surface area (Å²) in [5, 5.41) is 8.53. The molecule has 1 unspecified atom stereocenters. The molecular weight excluding hydrogens is 371 g/mol. The minimum atomic E-state index is -4.06. The van der Waals surface area contributed by atoms with Crippen LogP contribution in [0.5, 0.6) is 0 Å². The first-order chi connectivity index (χ1) is 11.3. The third kappa shape index (κ3) is 4.51. The van der Waals surface area contributed by atoms with Gasteiger partial charge in [0.25, 0.3) is 0 Å². The van der Waals surface area contributed by atoms with Gasteiger partial charge in [-0.25, -0.2) is 8.42 Å². The van der Waals surface area contributed by atoms with E-state index < -0.39 is 21.1 Å². The van der Waals surface area contributed by atoms with Gasteiger partial charge in [0.2, 0.25) is 0 Å². The van der Waals surface area contributed by atoms with Gasteiger partial charge >= 0.3 is 5.97 Å². The number of carboxylic acids is 1. The van der Waals surface area contributed by atoms with E-state index in [2.05, 4.69) is 11.8 Å². The minimum Gasteiger partial charge on any atom is -0.480 e. The van der Waals surface area contributed by atoms with Gasteiger partial charge in [-0.2, -0.15) is 0 Å². The summed E-state index contributed by atoms with van der Waals surface area (Å²) in [6.07, 6.45) is -0.330. The van der Waals surface area contributed by atoms with E-state index in [0.717, 1.165) is 0 Å². The molecule has 0 fully saturated rings. The second kappa shape index (κ2) is 7.71. The van der Waals surface area contributed by atoms with Gasteiger partial charge in [-0.1, -0.05) is 35.0 Å². The Morgan fingerprint density at radius 2 is 1.50 bits per heavy atom. The molecule has 0 heterocycles. The summed E-state index contributed by atoms with van der Waals surface area (Å²) in [6, 6.07) is 12.0. The van der Waals surface area contributed by atoms with E-state index in [1.54, 1.807) is 24.3 Å². The summed E-state index contributed by atoms with van der Waals surface area (Å²) >= 11 is 11.5. The molecule has 0 aliphatic rings. The van der Waals surface area contributed by atoms with Crippen LogP contribution >= 0.6 is 23.2 Å². The highest BCUT2D eigenvalue weighted by molar-refractivity contribution is 7.92. The molecule has 0 bridgehead atoms. The maximum absolute atomic E-state index is 12.5. The van der Waals surface area contributed by atoms with Crippen LogP contribution in [0.3, 0.4) is 0 Å². The first-order valence-corrected chi connectivity index (χ1v) is 9.07. The third-order valence-electron chi connectivity index (χ3n) is 3.16. The molecule has 124 valence electrons. The Kier molecular flexibility index (Phi) is 5.89. The normalized spacial score (nSPS) is 12.1. The smallest absolute Gasteiger partial charge is 0.323 e. The van der Waals surface area contributed by atoms with Gasteiger partial charge < -0.3 is 5.11 Å². The average molecular weight is 383 g/mol. The largest absolute Gasteiger partial charge is 0.480 e. The Morgan fingerprint density at radius 3 is 2.00 bits per heavy atom. The van der Waals surface area contributed by atoms with E-state index >= 15 is 0 Å². The molecule has 0 spiro atoms. The van der Waals surface area contributed by atoms with Crippen LogP contribution in [0.25, 0.3) is 0 Å². The van der Waals surface area contributed by atoms with Crippen molar-refractivity contribution >= 4 is 39.0 Å². The van der Waals surface area contributed by atoms with E-state index in [1.165, 1.54) is 24.3 Å². The maximum Gasteiger partial charge on any atom is 0.323 e. The highest BCUT2D eigenvalue weighted by atomic mass is 35.5. The quantitative estimate of drug-likeness (QED) is 0.818. The summed E-state index contributed by atoms with van der Waals surface area (Å²) in [6.45, 7) is 0. The fraction of sp³-hybridized carbons (Fsp3) is 0.118. The minimum absolute atomic E-state index is 0.104. The molecule has 0 saturated carbocycles. The molecular formula is C17H12Cl2O4S. The number of halogens is 2. The Hall–Kier alpha value is -2.00. The zero-order valence-corrected chi connectivity index (χ0v) is 14.6. The first kappa shape index (κ1) is 18.3. The van der Waals surface area contributed by atoms with Gasteiger partial charge in [0, 0.05) is 22.0 Å². The molecule has 2 rings (SSSR count). The molecule has 0 saturated heterocycles. The van der Waals surface area contributed by atoms with Crippen molar-refractivity contribution in [1.82, 2.24) is 0 Å². The SMILES string of the molecule is O=C(O)C(CC#Cc1ccc(Cl)cc1)S(=O)(=O)c1ccc(Cl)cc1. The Morgan fingerprint density at radius 1 is 1.00 bits per heavy atom. The maximum atomic E-state index is 12.5. The van der Waals surface area contributed by atoms with Crippen LogP contribution in [-0.4, -0.2) is 24.7 Å². The number of benzene rings is 2. The topological polar surface area (TPSA) is 71.4 Å². The first-order valence-electron chi connectivity index (χ1n) is 6.77. The monoisotopic (exact) mass is 382 g/mol. The van der Waals surface area contributed by atoms with Crippen molar-refractivity contribution in [2.24, 2.45) is 0 Å². The summed E-state index contributed by atoms with van der Waals surface area (Å²) < 4.78 is 24.9. The van der Waals surface area contributed by atoms with Gasteiger partial charge in [0.05, 0.1) is 4.90 Å². The van der Waals surface area contributed by atoms with Crippen molar-refractivity contribution in [2.45, 2.75) is 16.6 Å². The van der Waals surface area contributed by atoms with Gasteiger partial charge in [-0.05, 0) is 48.5 Å². The van der Waals surface area contributed by atoms with Crippen molar-refractivity contribution in [2.75, 3.05) is 0 Å². The summed E-state index contributed by atoms with van der Waals surface area (Å²) in [7, 11) is -4.06. The number of carbonyl (C=O) groups is 1. The van der Waals surface area contributed by atoms with Crippen LogP contribution in [0.4, 0.5) is 0 Å². The number of sulfone groups is 1. The van der Waals surface area contributed by atoms with Gasteiger partial charge in [-0.15, -0.1) is 0 Å². The van der Waals surface area contributed by atoms with E-state index in [-0.39, 0.29) is 11.3 Å². The van der Waals surface area contributed by atoms with E-state index in [4.69, 9.17) is 23.2 Å². The number of hydrogen-bond acceptors (Lipinski definition) is 3. The fourth-order valence-corrected chi connectivity index (χ4v) is 3.56. The Balaban J connectivity index is 2.25. The van der Waals surface area contributed by atoms with Crippen molar-refractivity contribution < 1.29 is 18.3 Å². The van der Waals surface area contributed by atoms with Crippen LogP contribution < -0.4 is 0 Å². The third-order valence-corrected chi connectivity index (χ3v) is 5.71. The summed E-state index contributed by atoms with van der Waals surface area (Å²) in [4.78, 5) is 11.3. The molecule has 0 aromatic heterocycles. The fourth-order valence-electron chi connectivity index (χ4n) is 1.90. The number of carboxylic acid groups (broad SMARTS) is 1. The zero-order chi connectivity index (χ0) is 17.7. The van der Waals surface area contributed by atoms with Crippen molar-refractivity contribution in [1.29, 1.82) is 0 Å². The van der Waals surface area contributed by atoms with E-state index in [9.17, 15) is 18.3 Å². The molecule has 2 aromatic rings. The lowest BCUT2D eigenvalue weighted by Crippen LogP contribution is -2.29. The van der Waals surface area contributed by atoms with Crippen LogP contribution in [0.2, 0.25) is 10.0 Å². The molecule has 1 atom stereocenters. The molecule has 7 heteroatoms. The zero-order valence-electron chi connectivity index (χ0n) is 12.2. The van der Waals surface area contributed by atoms with Crippen molar-refractivity contribution in [3.8, 4) is 11.8 Å². The lowest BCUT2D eigenvalue weighted by Gasteiger charge is -2.11. The standard InChI is InChI=1S/C17H12Cl2O4S/c18-13-6-4-12(5-7-13)2-1-3-16(17(20)21)24(22,23)15-10-8-14(19)9-11-15/h4-11,16H,3H2,(H,20,21). The lowest BCUT2D eigenvalue weighted by atomic mass is 10.2. The van der Waals surface area contributed by atoms with E-state index in [0.29, 0.717) is 15.6 Å². The van der Waals surface area contributed by atoms with Crippen LogP contribution in [-0.2, 0) is 14.6 Å². The molecule has 24 heavy (non-hydrogen) atoms. The predicted octanol–water partition coefficient (Wildman–Crippen LogP) is 3.66.